The van der Waals surface area contributed by atoms with E-state index in [9.17, 15) is 4.79 Å². The molecule has 0 radical (unpaired) electrons. The van der Waals surface area contributed by atoms with E-state index in [4.69, 9.17) is 26.2 Å². The van der Waals surface area contributed by atoms with Gasteiger partial charge in [0.25, 0.3) is 5.79 Å². The largest absolute Gasteiger partial charge is 0.481 e. The number of carboxylic acid groups (broad SMARTS) is 1. The van der Waals surface area contributed by atoms with Gasteiger partial charge in [-0.25, -0.2) is 0 Å². The van der Waals surface area contributed by atoms with Crippen molar-refractivity contribution in [2.24, 2.45) is 17.8 Å². The molecule has 2 aliphatic heterocycles. The van der Waals surface area contributed by atoms with Crippen molar-refractivity contribution in [3.8, 4) is 11.5 Å². The molecule has 0 spiro atoms. The van der Waals surface area contributed by atoms with Gasteiger partial charge in [0, 0.05) is 32.6 Å². The molecule has 2 aromatic rings. The van der Waals surface area contributed by atoms with E-state index in [0.29, 0.717) is 40.0 Å². The maximum absolute atomic E-state index is 10.9. The molecule has 1 N–H and O–H groups in total. The summed E-state index contributed by atoms with van der Waals surface area (Å²) in [5, 5.41) is 9.57. The monoisotopic (exact) mass is 386 g/mol. The second-order valence-electron chi connectivity index (χ2n) is 7.61. The van der Waals surface area contributed by atoms with Crippen molar-refractivity contribution in [1.82, 2.24) is 4.98 Å². The smallest absolute Gasteiger partial charge is 0.303 e. The number of carboxylic acids is 1. The molecule has 0 amide bonds. The summed E-state index contributed by atoms with van der Waals surface area (Å²) in [6, 6.07) is 9.44. The SMILES string of the molecule is C[C@@]1(c2ccc(Cl)cn2)Oc2cccc(N3CC4C(CC(=O)O)C4C3)c2O1. The number of hydrogen-bond donors (Lipinski definition) is 1. The number of fused-ring (bicyclic) bond motifs is 2. The third-order valence-corrected chi connectivity index (χ3v) is 6.10. The fraction of sp³-hybridized carbons (Fsp3) is 0.400. The Hall–Kier alpha value is -2.47. The highest BCUT2D eigenvalue weighted by Crippen LogP contribution is 2.57. The average Bonchev–Trinajstić information content (AvgIpc) is 2.99. The van der Waals surface area contributed by atoms with Crippen molar-refractivity contribution in [1.29, 1.82) is 0 Å². The van der Waals surface area contributed by atoms with Gasteiger partial charge >= 0.3 is 5.97 Å². The number of anilines is 1. The van der Waals surface area contributed by atoms with E-state index in [1.54, 1.807) is 18.3 Å². The van der Waals surface area contributed by atoms with Crippen molar-refractivity contribution >= 4 is 23.3 Å². The van der Waals surface area contributed by atoms with Crippen molar-refractivity contribution in [3.63, 3.8) is 0 Å². The first kappa shape index (κ1) is 16.7. The predicted octanol–water partition coefficient (Wildman–Crippen LogP) is 3.54. The van der Waals surface area contributed by atoms with Gasteiger partial charge in [-0.15, -0.1) is 0 Å². The normalized spacial score (nSPS) is 30.3. The van der Waals surface area contributed by atoms with Gasteiger partial charge in [-0.1, -0.05) is 17.7 Å². The molecule has 7 heteroatoms. The zero-order valence-electron chi connectivity index (χ0n) is 14.8. The maximum Gasteiger partial charge on any atom is 0.303 e. The minimum atomic E-state index is -1.00. The van der Waals surface area contributed by atoms with Crippen LogP contribution in [0.25, 0.3) is 0 Å². The number of ether oxygens (including phenoxy) is 2. The molecule has 5 rings (SSSR count). The number of piperidine rings is 1. The molecule has 3 heterocycles. The minimum Gasteiger partial charge on any atom is -0.481 e. The molecule has 1 saturated carbocycles. The number of hydrogen-bond acceptors (Lipinski definition) is 5. The van der Waals surface area contributed by atoms with Crippen molar-refractivity contribution in [3.05, 3.63) is 47.2 Å². The Bertz CT molecular complexity index is 907. The molecular weight excluding hydrogens is 368 g/mol. The molecule has 0 bridgehead atoms. The standard InChI is InChI=1S/C20H19ClN2O4/c1-20(17-6-5-11(21)8-22-17)26-16-4-2-3-15(19(16)27-20)23-9-13-12(7-18(24)25)14(13)10-23/h2-6,8,12-14H,7,9-10H2,1H3,(H,24,25)/t12?,13?,14?,20-/m1/s1. The highest BCUT2D eigenvalue weighted by Gasteiger charge is 2.56. The van der Waals surface area contributed by atoms with Gasteiger partial charge < -0.3 is 19.5 Å². The minimum absolute atomic E-state index is 0.274. The van der Waals surface area contributed by atoms with Gasteiger partial charge in [-0.05, 0) is 42.0 Å². The summed E-state index contributed by atoms with van der Waals surface area (Å²) in [5.74, 6) is 0.937. The number of halogens is 1. The van der Waals surface area contributed by atoms with E-state index < -0.39 is 11.8 Å². The van der Waals surface area contributed by atoms with E-state index in [-0.39, 0.29) is 6.42 Å². The van der Waals surface area contributed by atoms with Crippen LogP contribution in [0.3, 0.4) is 0 Å². The summed E-state index contributed by atoms with van der Waals surface area (Å²) in [4.78, 5) is 17.6. The Balaban J connectivity index is 1.37. The average molecular weight is 387 g/mol. The Morgan fingerprint density at radius 3 is 2.74 bits per heavy atom. The second-order valence-corrected chi connectivity index (χ2v) is 8.05. The van der Waals surface area contributed by atoms with Crippen LogP contribution in [0.15, 0.2) is 36.5 Å². The second kappa shape index (κ2) is 5.76. The molecule has 27 heavy (non-hydrogen) atoms. The van der Waals surface area contributed by atoms with Gasteiger partial charge in [0.1, 0.15) is 5.69 Å². The molecule has 140 valence electrons. The first-order valence-electron chi connectivity index (χ1n) is 9.04. The number of benzene rings is 1. The number of para-hydroxylation sites is 1. The van der Waals surface area contributed by atoms with Gasteiger partial charge in [0.05, 0.1) is 10.7 Å². The third-order valence-electron chi connectivity index (χ3n) is 5.87. The van der Waals surface area contributed by atoms with Crippen molar-refractivity contribution in [2.75, 3.05) is 18.0 Å². The zero-order valence-corrected chi connectivity index (χ0v) is 15.5. The van der Waals surface area contributed by atoms with Crippen molar-refractivity contribution in [2.45, 2.75) is 19.1 Å². The van der Waals surface area contributed by atoms with Crippen LogP contribution >= 0.6 is 11.6 Å². The topological polar surface area (TPSA) is 71.9 Å². The molecule has 1 aliphatic carbocycles. The number of carbonyl (C=O) groups is 1. The molecule has 2 fully saturated rings. The fourth-order valence-electron chi connectivity index (χ4n) is 4.46. The predicted molar refractivity (Wildman–Crippen MR) is 99.2 cm³/mol. The molecule has 3 aliphatic rings. The zero-order chi connectivity index (χ0) is 18.8. The molecule has 1 aromatic heterocycles. The van der Waals surface area contributed by atoms with Crippen LogP contribution in [-0.4, -0.2) is 29.1 Å². The van der Waals surface area contributed by atoms with E-state index >= 15 is 0 Å². The maximum atomic E-state index is 10.9. The first-order valence-corrected chi connectivity index (χ1v) is 9.42. The van der Waals surface area contributed by atoms with E-state index in [0.717, 1.165) is 18.8 Å². The van der Waals surface area contributed by atoms with Gasteiger partial charge in [0.15, 0.2) is 11.5 Å². The third kappa shape index (κ3) is 2.70. The Morgan fingerprint density at radius 1 is 1.30 bits per heavy atom. The summed E-state index contributed by atoms with van der Waals surface area (Å²) in [6.07, 6.45) is 1.85. The van der Waals surface area contributed by atoms with Gasteiger partial charge in [-0.2, -0.15) is 0 Å². The number of aliphatic carboxylic acids is 1. The summed E-state index contributed by atoms with van der Waals surface area (Å²) < 4.78 is 12.3. The van der Waals surface area contributed by atoms with Crippen LogP contribution in [-0.2, 0) is 10.6 Å². The number of rotatable bonds is 4. The van der Waals surface area contributed by atoms with Crippen LogP contribution in [0.1, 0.15) is 19.0 Å². The van der Waals surface area contributed by atoms with Crippen LogP contribution in [0.4, 0.5) is 5.69 Å². The number of pyridine rings is 1. The van der Waals surface area contributed by atoms with Crippen LogP contribution < -0.4 is 14.4 Å². The Labute approximate surface area is 161 Å². The Kier molecular flexibility index (Phi) is 3.56. The van der Waals surface area contributed by atoms with Crippen LogP contribution in [0.5, 0.6) is 11.5 Å². The Morgan fingerprint density at radius 2 is 2.07 bits per heavy atom. The summed E-state index contributed by atoms with van der Waals surface area (Å²) >= 11 is 5.94. The summed E-state index contributed by atoms with van der Waals surface area (Å²) in [7, 11) is 0. The van der Waals surface area contributed by atoms with Gasteiger partial charge in [-0.3, -0.25) is 9.78 Å². The van der Waals surface area contributed by atoms with Crippen LogP contribution in [0, 0.1) is 17.8 Å². The quantitative estimate of drug-likeness (QED) is 0.866. The molecule has 2 unspecified atom stereocenters. The highest BCUT2D eigenvalue weighted by atomic mass is 35.5. The lowest BCUT2D eigenvalue weighted by Crippen LogP contribution is -2.33. The molecule has 3 atom stereocenters. The lowest BCUT2D eigenvalue weighted by molar-refractivity contribution is -0.137. The molecule has 6 nitrogen and oxygen atoms in total. The van der Waals surface area contributed by atoms with Crippen molar-refractivity contribution < 1.29 is 19.4 Å². The lowest BCUT2D eigenvalue weighted by Gasteiger charge is -2.25. The number of nitrogens with zero attached hydrogens (tertiary/aromatic N) is 2. The first-order chi connectivity index (χ1) is 12.9. The summed E-state index contributed by atoms with van der Waals surface area (Å²) in [5.41, 5.74) is 1.64. The van der Waals surface area contributed by atoms with Gasteiger partial charge in [0.2, 0.25) is 0 Å². The van der Waals surface area contributed by atoms with E-state index in [1.165, 1.54) is 0 Å². The van der Waals surface area contributed by atoms with E-state index in [2.05, 4.69) is 9.88 Å². The molecular formula is C20H19ClN2O4. The lowest BCUT2D eigenvalue weighted by atomic mass is 10.1. The van der Waals surface area contributed by atoms with Crippen LogP contribution in [0.2, 0.25) is 5.02 Å². The molecule has 1 saturated heterocycles. The fourth-order valence-corrected chi connectivity index (χ4v) is 4.57. The molecule has 1 aromatic carbocycles. The highest BCUT2D eigenvalue weighted by molar-refractivity contribution is 6.30. The summed E-state index contributed by atoms with van der Waals surface area (Å²) in [6.45, 7) is 3.56. The number of aromatic nitrogens is 1. The van der Waals surface area contributed by atoms with E-state index in [1.807, 2.05) is 25.1 Å².